The number of phenolic OH excluding ortho intramolecular Hbond substituents is 2. The molecule has 0 fully saturated rings. The van der Waals surface area contributed by atoms with E-state index in [2.05, 4.69) is 5.32 Å². The van der Waals surface area contributed by atoms with Crippen LogP contribution in [0.25, 0.3) is 0 Å². The van der Waals surface area contributed by atoms with E-state index in [9.17, 15) is 23.4 Å². The van der Waals surface area contributed by atoms with Crippen molar-refractivity contribution in [3.05, 3.63) is 23.8 Å². The summed E-state index contributed by atoms with van der Waals surface area (Å²) in [4.78, 5) is 0. The Hall–Kier alpha value is -1.43. The van der Waals surface area contributed by atoms with Gasteiger partial charge < -0.3 is 15.5 Å². The lowest BCUT2D eigenvalue weighted by molar-refractivity contribution is -0.135. The number of halogens is 3. The van der Waals surface area contributed by atoms with Crippen LogP contribution in [0, 0.1) is 0 Å². The second-order valence-electron chi connectivity index (χ2n) is 4.10. The molecule has 0 radical (unpaired) electrons. The Labute approximate surface area is 103 Å². The van der Waals surface area contributed by atoms with Crippen molar-refractivity contribution in [1.82, 2.24) is 5.32 Å². The zero-order valence-corrected chi connectivity index (χ0v) is 9.96. The molecule has 6 heteroatoms. The van der Waals surface area contributed by atoms with Gasteiger partial charge in [0.1, 0.15) is 11.5 Å². The Morgan fingerprint density at radius 2 is 1.78 bits per heavy atom. The maximum absolute atomic E-state index is 11.9. The van der Waals surface area contributed by atoms with E-state index >= 15 is 0 Å². The van der Waals surface area contributed by atoms with Crippen LogP contribution in [0.1, 0.15) is 31.4 Å². The van der Waals surface area contributed by atoms with Crippen LogP contribution in [0.5, 0.6) is 11.5 Å². The standard InChI is InChI=1S/C12H16F3NO2/c1-8(16-7-3-6-12(13,14)15)11-9(17)4-2-5-10(11)18/h2,4-5,8,16-18H,3,6-7H2,1H3. The molecule has 0 aromatic heterocycles. The van der Waals surface area contributed by atoms with Crippen molar-refractivity contribution in [2.24, 2.45) is 0 Å². The number of alkyl halides is 3. The molecule has 0 aliphatic rings. The van der Waals surface area contributed by atoms with Gasteiger partial charge in [0.25, 0.3) is 0 Å². The number of hydrogen-bond acceptors (Lipinski definition) is 3. The highest BCUT2D eigenvalue weighted by molar-refractivity contribution is 5.44. The molecule has 1 atom stereocenters. The lowest BCUT2D eigenvalue weighted by Crippen LogP contribution is -2.21. The number of hydrogen-bond donors (Lipinski definition) is 3. The van der Waals surface area contributed by atoms with Crippen LogP contribution < -0.4 is 5.32 Å². The van der Waals surface area contributed by atoms with Crippen LogP contribution in [0.2, 0.25) is 0 Å². The normalized spacial score (nSPS) is 13.6. The summed E-state index contributed by atoms with van der Waals surface area (Å²) in [7, 11) is 0. The zero-order chi connectivity index (χ0) is 13.8. The molecule has 1 aromatic carbocycles. The number of phenols is 2. The summed E-state index contributed by atoms with van der Waals surface area (Å²) in [5.41, 5.74) is 0.296. The Morgan fingerprint density at radius 3 is 2.28 bits per heavy atom. The van der Waals surface area contributed by atoms with Gasteiger partial charge >= 0.3 is 6.18 Å². The Bertz CT molecular complexity index is 373. The SMILES string of the molecule is CC(NCCCC(F)(F)F)c1c(O)cccc1O. The van der Waals surface area contributed by atoms with Gasteiger partial charge in [-0.05, 0) is 32.0 Å². The molecule has 3 nitrogen and oxygen atoms in total. The molecule has 0 aliphatic heterocycles. The third kappa shape index (κ3) is 4.44. The summed E-state index contributed by atoms with van der Waals surface area (Å²) in [6, 6.07) is 3.91. The molecule has 0 amide bonds. The van der Waals surface area contributed by atoms with Gasteiger partial charge in [-0.2, -0.15) is 13.2 Å². The van der Waals surface area contributed by atoms with E-state index in [-0.39, 0.29) is 24.5 Å². The van der Waals surface area contributed by atoms with Gasteiger partial charge in [0.05, 0.1) is 5.56 Å². The van der Waals surface area contributed by atoms with E-state index in [4.69, 9.17) is 0 Å². The lowest BCUT2D eigenvalue weighted by atomic mass is 10.1. The third-order valence-electron chi connectivity index (χ3n) is 2.58. The number of benzene rings is 1. The molecule has 0 spiro atoms. The van der Waals surface area contributed by atoms with Crippen molar-refractivity contribution in [2.45, 2.75) is 32.0 Å². The summed E-state index contributed by atoms with van der Waals surface area (Å²) < 4.78 is 35.8. The second kappa shape index (κ2) is 5.95. The summed E-state index contributed by atoms with van der Waals surface area (Å²) in [5, 5.41) is 22.0. The van der Waals surface area contributed by atoms with E-state index in [1.807, 2.05) is 0 Å². The predicted molar refractivity (Wildman–Crippen MR) is 61.5 cm³/mol. The quantitative estimate of drug-likeness (QED) is 0.715. The monoisotopic (exact) mass is 263 g/mol. The maximum Gasteiger partial charge on any atom is 0.389 e. The van der Waals surface area contributed by atoms with Gasteiger partial charge in [-0.3, -0.25) is 0 Å². The van der Waals surface area contributed by atoms with Gasteiger partial charge in [0, 0.05) is 12.5 Å². The summed E-state index contributed by atoms with van der Waals surface area (Å²) >= 11 is 0. The molecule has 1 rings (SSSR count). The molecule has 18 heavy (non-hydrogen) atoms. The first-order valence-corrected chi connectivity index (χ1v) is 5.62. The average Bonchev–Trinajstić information content (AvgIpc) is 2.23. The Morgan fingerprint density at radius 1 is 1.22 bits per heavy atom. The Kier molecular flexibility index (Phi) is 4.84. The van der Waals surface area contributed by atoms with Crippen LogP contribution >= 0.6 is 0 Å². The maximum atomic E-state index is 11.9. The van der Waals surface area contributed by atoms with Crippen LogP contribution in [0.4, 0.5) is 13.2 Å². The van der Waals surface area contributed by atoms with Crippen LogP contribution in [-0.2, 0) is 0 Å². The van der Waals surface area contributed by atoms with Gasteiger partial charge in [-0.15, -0.1) is 0 Å². The molecule has 0 bridgehead atoms. The van der Waals surface area contributed by atoms with Crippen molar-refractivity contribution < 1.29 is 23.4 Å². The molecule has 0 saturated carbocycles. The van der Waals surface area contributed by atoms with Crippen LogP contribution in [0.15, 0.2) is 18.2 Å². The topological polar surface area (TPSA) is 52.5 Å². The zero-order valence-electron chi connectivity index (χ0n) is 9.96. The smallest absolute Gasteiger partial charge is 0.389 e. The van der Waals surface area contributed by atoms with Gasteiger partial charge in [0.15, 0.2) is 0 Å². The van der Waals surface area contributed by atoms with Crippen molar-refractivity contribution in [1.29, 1.82) is 0 Å². The van der Waals surface area contributed by atoms with Crippen molar-refractivity contribution in [3.8, 4) is 11.5 Å². The van der Waals surface area contributed by atoms with Crippen molar-refractivity contribution >= 4 is 0 Å². The van der Waals surface area contributed by atoms with E-state index in [0.717, 1.165) is 0 Å². The molecule has 0 aliphatic carbocycles. The van der Waals surface area contributed by atoms with E-state index in [1.54, 1.807) is 6.92 Å². The third-order valence-corrected chi connectivity index (χ3v) is 2.58. The molecular formula is C12H16F3NO2. The van der Waals surface area contributed by atoms with Crippen LogP contribution in [-0.4, -0.2) is 22.9 Å². The minimum absolute atomic E-state index is 0.0395. The molecule has 0 heterocycles. The second-order valence-corrected chi connectivity index (χ2v) is 4.10. The number of nitrogens with one attached hydrogen (secondary N) is 1. The van der Waals surface area contributed by atoms with Gasteiger partial charge in [-0.1, -0.05) is 6.07 Å². The first kappa shape index (κ1) is 14.6. The van der Waals surface area contributed by atoms with Crippen molar-refractivity contribution in [2.75, 3.05) is 6.54 Å². The summed E-state index contributed by atoms with van der Waals surface area (Å²) in [6.45, 7) is 1.83. The van der Waals surface area contributed by atoms with Crippen LogP contribution in [0.3, 0.4) is 0 Å². The molecule has 1 unspecified atom stereocenters. The van der Waals surface area contributed by atoms with E-state index < -0.39 is 18.6 Å². The minimum atomic E-state index is -4.15. The largest absolute Gasteiger partial charge is 0.507 e. The highest BCUT2D eigenvalue weighted by atomic mass is 19.4. The first-order chi connectivity index (χ1) is 8.31. The molecule has 1 aromatic rings. The first-order valence-electron chi connectivity index (χ1n) is 5.62. The summed E-state index contributed by atoms with van der Waals surface area (Å²) in [5.74, 6) is -0.156. The fourth-order valence-corrected chi connectivity index (χ4v) is 1.69. The molecule has 102 valence electrons. The predicted octanol–water partition coefficient (Wildman–Crippen LogP) is 3.09. The van der Waals surface area contributed by atoms with Gasteiger partial charge in [-0.25, -0.2) is 0 Å². The van der Waals surface area contributed by atoms with Crippen molar-refractivity contribution in [3.63, 3.8) is 0 Å². The molecular weight excluding hydrogens is 247 g/mol. The minimum Gasteiger partial charge on any atom is -0.507 e. The number of aromatic hydroxyl groups is 2. The molecule has 0 saturated heterocycles. The number of rotatable bonds is 5. The fraction of sp³-hybridized carbons (Fsp3) is 0.500. The van der Waals surface area contributed by atoms with E-state index in [0.29, 0.717) is 5.56 Å². The average molecular weight is 263 g/mol. The lowest BCUT2D eigenvalue weighted by Gasteiger charge is -2.17. The van der Waals surface area contributed by atoms with E-state index in [1.165, 1.54) is 18.2 Å². The van der Waals surface area contributed by atoms with Gasteiger partial charge in [0.2, 0.25) is 0 Å². The highest BCUT2D eigenvalue weighted by Gasteiger charge is 2.26. The highest BCUT2D eigenvalue weighted by Crippen LogP contribution is 2.32. The fourth-order valence-electron chi connectivity index (χ4n) is 1.69. The Balaban J connectivity index is 2.48. The molecule has 3 N–H and O–H groups in total. The summed E-state index contributed by atoms with van der Waals surface area (Å²) in [6.07, 6.45) is -5.04.